The van der Waals surface area contributed by atoms with Gasteiger partial charge >= 0.3 is 6.03 Å². The van der Waals surface area contributed by atoms with E-state index in [9.17, 15) is 18.5 Å². The van der Waals surface area contributed by atoms with Gasteiger partial charge in [0.1, 0.15) is 34.0 Å². The number of para-hydroxylation sites is 1. The summed E-state index contributed by atoms with van der Waals surface area (Å²) in [5, 5.41) is 12.8. The number of carbonyl (C=O) groups is 2. The van der Waals surface area contributed by atoms with Crippen LogP contribution in [-0.4, -0.2) is 108 Å². The normalized spacial score (nSPS) is 20.1. The first-order chi connectivity index (χ1) is 24.5. The molecule has 15 heteroatoms. The van der Waals surface area contributed by atoms with Crippen molar-refractivity contribution in [1.82, 2.24) is 20.0 Å². The molecule has 0 aromatic heterocycles. The third-order valence-corrected chi connectivity index (χ3v) is 11.7. The maximum atomic E-state index is 15.5. The van der Waals surface area contributed by atoms with Crippen LogP contribution in [-0.2, 0) is 20.4 Å². The molecule has 13 nitrogen and oxygen atoms in total. The maximum Gasteiger partial charge on any atom is 0.318 e. The molecule has 1 N–H and O–H groups in total. The zero-order valence-electron chi connectivity index (χ0n) is 29.0. The largest absolute Gasteiger partial charge is 0.497 e. The van der Waals surface area contributed by atoms with Crippen molar-refractivity contribution in [2.75, 3.05) is 71.4 Å². The van der Waals surface area contributed by atoms with Crippen LogP contribution in [0, 0.1) is 17.1 Å². The molecule has 6 rings (SSSR count). The lowest BCUT2D eigenvalue weighted by Gasteiger charge is -2.43. The van der Waals surface area contributed by atoms with E-state index in [2.05, 4.69) is 22.2 Å². The highest BCUT2D eigenvalue weighted by Gasteiger charge is 2.59. The van der Waals surface area contributed by atoms with Crippen molar-refractivity contribution in [3.63, 3.8) is 0 Å². The number of sulfonamides is 1. The van der Waals surface area contributed by atoms with Gasteiger partial charge < -0.3 is 29.3 Å². The molecule has 0 spiro atoms. The van der Waals surface area contributed by atoms with Crippen LogP contribution in [0.1, 0.15) is 36.5 Å². The summed E-state index contributed by atoms with van der Waals surface area (Å²) in [4.78, 5) is 35.4. The number of methoxy groups -OCH3 is 2. The van der Waals surface area contributed by atoms with Crippen LogP contribution in [0.25, 0.3) is 0 Å². The number of ether oxygens (including phenoxy) is 3. The van der Waals surface area contributed by atoms with Gasteiger partial charge in [-0.1, -0.05) is 18.2 Å². The second-order valence-corrected chi connectivity index (χ2v) is 14.5. The number of fused-ring (bicyclic) bond motifs is 1. The predicted molar refractivity (Wildman–Crippen MR) is 186 cm³/mol. The Bertz CT molecular complexity index is 1970. The quantitative estimate of drug-likeness (QED) is 0.349. The Kier molecular flexibility index (Phi) is 10.1. The Morgan fingerprint density at radius 2 is 1.69 bits per heavy atom. The van der Waals surface area contributed by atoms with Crippen molar-refractivity contribution in [3.05, 3.63) is 77.1 Å². The molecule has 0 saturated carbocycles. The van der Waals surface area contributed by atoms with Crippen molar-refractivity contribution in [3.8, 4) is 23.3 Å². The first-order valence-corrected chi connectivity index (χ1v) is 18.2. The van der Waals surface area contributed by atoms with Crippen LogP contribution in [0.5, 0.6) is 17.2 Å². The van der Waals surface area contributed by atoms with E-state index >= 15 is 9.18 Å². The number of benzene rings is 3. The predicted octanol–water partition coefficient (Wildman–Crippen LogP) is 3.51. The molecule has 2 saturated heterocycles. The summed E-state index contributed by atoms with van der Waals surface area (Å²) in [7, 11) is -0.0820. The molecule has 3 aliphatic rings. The summed E-state index contributed by atoms with van der Waals surface area (Å²) < 4.78 is 61.7. The van der Waals surface area contributed by atoms with E-state index in [1.54, 1.807) is 42.2 Å². The molecule has 270 valence electrons. The number of amides is 3. The van der Waals surface area contributed by atoms with E-state index in [0.29, 0.717) is 42.3 Å². The fourth-order valence-electron chi connectivity index (χ4n) is 7.21. The Morgan fingerprint density at radius 3 is 2.33 bits per heavy atom. The van der Waals surface area contributed by atoms with Gasteiger partial charge in [0.25, 0.3) is 15.9 Å². The molecule has 3 aliphatic heterocycles. The third kappa shape index (κ3) is 6.32. The van der Waals surface area contributed by atoms with E-state index in [-0.39, 0.29) is 34.9 Å². The van der Waals surface area contributed by atoms with Gasteiger partial charge in [0.05, 0.1) is 32.1 Å². The second-order valence-electron chi connectivity index (χ2n) is 12.7. The summed E-state index contributed by atoms with van der Waals surface area (Å²) in [6.07, 6.45) is 2.07. The van der Waals surface area contributed by atoms with Crippen LogP contribution >= 0.6 is 0 Å². The number of nitrogens with zero attached hydrogens (tertiary/aromatic N) is 5. The lowest BCUT2D eigenvalue weighted by Crippen LogP contribution is -2.61. The number of piperidine rings is 1. The van der Waals surface area contributed by atoms with E-state index in [1.807, 2.05) is 0 Å². The molecule has 2 fully saturated rings. The molecule has 3 aromatic rings. The summed E-state index contributed by atoms with van der Waals surface area (Å²) in [5.41, 5.74) is -3.05. The summed E-state index contributed by atoms with van der Waals surface area (Å²) in [6.45, 7) is 5.89. The SMILES string of the molecule is CCOc1ccccc1C1(NC(=O)N2CCN(C3CCN(C)CC3)CC2)C(=O)N(S(=O)(=O)c2ccc(OC)cc2OC)c2cc(F)c(C#N)cc21. The minimum Gasteiger partial charge on any atom is -0.497 e. The zero-order valence-corrected chi connectivity index (χ0v) is 29.8. The standard InChI is InChI=1S/C36H41FN6O7S/c1-5-50-31-9-7-6-8-27(31)36(39-35(45)42-18-16-41(17-19-42)25-12-14-40(2)15-13-25)28-20-24(23-38)29(37)22-30(28)43(34(36)44)51(46,47)33-11-10-26(48-3)21-32(33)49-4/h6-11,20-22,25H,5,12-19H2,1-4H3,(H,39,45). The highest BCUT2D eigenvalue weighted by molar-refractivity contribution is 7.93. The average Bonchev–Trinajstić information content (AvgIpc) is 3.38. The molecule has 1 atom stereocenters. The molecular weight excluding hydrogens is 679 g/mol. The van der Waals surface area contributed by atoms with Crippen molar-refractivity contribution in [1.29, 1.82) is 5.26 Å². The van der Waals surface area contributed by atoms with Gasteiger partial charge in [-0.2, -0.15) is 9.57 Å². The third-order valence-electron chi connectivity index (χ3n) is 9.91. The van der Waals surface area contributed by atoms with Gasteiger partial charge in [-0.3, -0.25) is 9.69 Å². The molecule has 3 aromatic carbocycles. The molecule has 0 bridgehead atoms. The molecule has 0 radical (unpaired) electrons. The zero-order chi connectivity index (χ0) is 36.5. The monoisotopic (exact) mass is 720 g/mol. The Morgan fingerprint density at radius 1 is 0.980 bits per heavy atom. The summed E-state index contributed by atoms with van der Waals surface area (Å²) >= 11 is 0. The minimum atomic E-state index is -4.86. The molecule has 3 heterocycles. The van der Waals surface area contributed by atoms with Crippen LogP contribution in [0.4, 0.5) is 14.9 Å². The number of rotatable bonds is 9. The molecule has 51 heavy (non-hydrogen) atoms. The first kappa shape index (κ1) is 35.9. The number of anilines is 1. The molecular formula is C36H41FN6O7S. The Labute approximate surface area is 297 Å². The number of hydrogen-bond donors (Lipinski definition) is 1. The van der Waals surface area contributed by atoms with Crippen LogP contribution in [0.2, 0.25) is 0 Å². The Balaban J connectivity index is 1.48. The highest BCUT2D eigenvalue weighted by Crippen LogP contribution is 2.50. The van der Waals surface area contributed by atoms with Gasteiger partial charge in [-0.25, -0.2) is 17.6 Å². The van der Waals surface area contributed by atoms with Gasteiger partial charge in [0, 0.05) is 55.5 Å². The summed E-state index contributed by atoms with van der Waals surface area (Å²) in [5.74, 6) is -1.80. The van der Waals surface area contributed by atoms with Crippen molar-refractivity contribution < 1.29 is 36.6 Å². The first-order valence-electron chi connectivity index (χ1n) is 16.8. The molecule has 1 unspecified atom stereocenters. The number of likely N-dealkylation sites (tertiary alicyclic amines) is 1. The van der Waals surface area contributed by atoms with Crippen molar-refractivity contribution >= 4 is 27.6 Å². The molecule has 3 amide bonds. The number of nitriles is 1. The fraction of sp³-hybridized carbons (Fsp3) is 0.417. The van der Waals surface area contributed by atoms with Crippen molar-refractivity contribution in [2.24, 2.45) is 0 Å². The summed E-state index contributed by atoms with van der Waals surface area (Å²) in [6, 6.07) is 13.9. The number of hydrogen-bond acceptors (Lipinski definition) is 10. The lowest BCUT2D eigenvalue weighted by molar-refractivity contribution is -0.121. The van der Waals surface area contributed by atoms with Gasteiger partial charge in [0.2, 0.25) is 0 Å². The van der Waals surface area contributed by atoms with E-state index in [0.717, 1.165) is 38.1 Å². The number of nitrogens with one attached hydrogen (secondary N) is 1. The van der Waals surface area contributed by atoms with Crippen LogP contribution in [0.15, 0.2) is 59.5 Å². The maximum absolute atomic E-state index is 15.5. The van der Waals surface area contributed by atoms with Gasteiger partial charge in [-0.05, 0) is 64.2 Å². The van der Waals surface area contributed by atoms with Gasteiger partial charge in [0.15, 0.2) is 5.54 Å². The average molecular weight is 721 g/mol. The van der Waals surface area contributed by atoms with Crippen molar-refractivity contribution in [2.45, 2.75) is 36.2 Å². The number of urea groups is 1. The molecule has 0 aliphatic carbocycles. The highest BCUT2D eigenvalue weighted by atomic mass is 32.2. The minimum absolute atomic E-state index is 0.105. The van der Waals surface area contributed by atoms with E-state index < -0.39 is 43.8 Å². The van der Waals surface area contributed by atoms with Gasteiger partial charge in [-0.15, -0.1) is 0 Å². The van der Waals surface area contributed by atoms with E-state index in [1.165, 1.54) is 32.4 Å². The number of halogens is 1. The smallest absolute Gasteiger partial charge is 0.318 e. The number of carbonyl (C=O) groups excluding carboxylic acids is 2. The van der Waals surface area contributed by atoms with E-state index in [4.69, 9.17) is 14.2 Å². The topological polar surface area (TPSA) is 145 Å². The second kappa shape index (κ2) is 14.4. The van der Waals surface area contributed by atoms with Crippen LogP contribution < -0.4 is 23.8 Å². The Hall–Kier alpha value is -4.91. The number of piperazine rings is 1. The van der Waals surface area contributed by atoms with Crippen LogP contribution in [0.3, 0.4) is 0 Å². The fourth-order valence-corrected chi connectivity index (χ4v) is 8.81. The lowest BCUT2D eigenvalue weighted by atomic mass is 9.82.